The van der Waals surface area contributed by atoms with Gasteiger partial charge in [0.2, 0.25) is 0 Å². The van der Waals surface area contributed by atoms with Gasteiger partial charge in [0.15, 0.2) is 6.61 Å². The molecule has 7 nitrogen and oxygen atoms in total. The van der Waals surface area contributed by atoms with E-state index in [0.717, 1.165) is 12.8 Å². The Balaban J connectivity index is 2.09. The zero-order valence-corrected chi connectivity index (χ0v) is 11.1. The van der Waals surface area contributed by atoms with Crippen molar-refractivity contribution in [3.05, 3.63) is 33.9 Å². The number of nitrogens with one attached hydrogen (secondary N) is 1. The van der Waals surface area contributed by atoms with Gasteiger partial charge >= 0.3 is 5.97 Å². The molecule has 0 aliphatic heterocycles. The fourth-order valence-electron chi connectivity index (χ4n) is 1.70. The monoisotopic (exact) mass is 280 g/mol. The van der Waals surface area contributed by atoms with Gasteiger partial charge < -0.3 is 14.8 Å². The summed E-state index contributed by atoms with van der Waals surface area (Å²) in [7, 11) is 1.27. The van der Waals surface area contributed by atoms with Crippen molar-refractivity contribution in [1.82, 2.24) is 5.32 Å². The van der Waals surface area contributed by atoms with Gasteiger partial charge in [-0.15, -0.1) is 0 Å². The van der Waals surface area contributed by atoms with Crippen molar-refractivity contribution in [2.24, 2.45) is 0 Å². The second-order valence-corrected chi connectivity index (χ2v) is 4.57. The topological polar surface area (TPSA) is 90.7 Å². The number of carbonyl (C=O) groups excluding carboxylic acids is 1. The minimum atomic E-state index is -0.496. The molecule has 0 heterocycles. The molecule has 2 rings (SSSR count). The molecule has 0 saturated heterocycles. The van der Waals surface area contributed by atoms with E-state index in [1.165, 1.54) is 25.3 Å². The zero-order valence-electron chi connectivity index (χ0n) is 11.1. The van der Waals surface area contributed by atoms with Crippen LogP contribution in [0.3, 0.4) is 0 Å². The van der Waals surface area contributed by atoms with Crippen LogP contribution in [0, 0.1) is 10.1 Å². The van der Waals surface area contributed by atoms with Crippen LogP contribution in [0.25, 0.3) is 0 Å². The summed E-state index contributed by atoms with van der Waals surface area (Å²) in [6.45, 7) is 0.258. The van der Waals surface area contributed by atoms with Crippen molar-refractivity contribution in [2.75, 3.05) is 13.7 Å². The lowest BCUT2D eigenvalue weighted by atomic mass is 10.1. The minimum Gasteiger partial charge on any atom is -0.482 e. The molecule has 1 N–H and O–H groups in total. The van der Waals surface area contributed by atoms with Crippen LogP contribution in [0.15, 0.2) is 18.2 Å². The highest BCUT2D eigenvalue weighted by Gasteiger charge is 2.21. The van der Waals surface area contributed by atoms with Crippen LogP contribution in [-0.4, -0.2) is 30.7 Å². The first-order valence-corrected chi connectivity index (χ1v) is 6.30. The summed E-state index contributed by atoms with van der Waals surface area (Å²) in [6.07, 6.45) is 2.24. The number of benzene rings is 1. The number of nitro groups is 1. The molecule has 0 spiro atoms. The van der Waals surface area contributed by atoms with E-state index < -0.39 is 10.9 Å². The second-order valence-electron chi connectivity index (χ2n) is 4.57. The summed E-state index contributed by atoms with van der Waals surface area (Å²) in [5.74, 6) is -0.0430. The first-order valence-electron chi connectivity index (χ1n) is 6.30. The van der Waals surface area contributed by atoms with Crippen molar-refractivity contribution < 1.29 is 19.2 Å². The van der Waals surface area contributed by atoms with Gasteiger partial charge in [0.1, 0.15) is 5.75 Å². The third-order valence-corrected chi connectivity index (χ3v) is 2.99. The lowest BCUT2D eigenvalue weighted by Gasteiger charge is -2.11. The summed E-state index contributed by atoms with van der Waals surface area (Å²) < 4.78 is 9.83. The summed E-state index contributed by atoms with van der Waals surface area (Å²) in [6, 6.07) is 4.79. The number of carbonyl (C=O) groups is 1. The van der Waals surface area contributed by atoms with Gasteiger partial charge in [0.05, 0.1) is 12.0 Å². The first-order chi connectivity index (χ1) is 9.60. The molecule has 1 aromatic carbocycles. The molecule has 0 bridgehead atoms. The summed E-state index contributed by atoms with van der Waals surface area (Å²) in [5, 5.41) is 14.1. The van der Waals surface area contributed by atoms with E-state index in [0.29, 0.717) is 23.9 Å². The number of methoxy groups -OCH3 is 1. The molecular weight excluding hydrogens is 264 g/mol. The maximum absolute atomic E-state index is 11.1. The van der Waals surface area contributed by atoms with Crippen LogP contribution in [0.4, 0.5) is 5.69 Å². The molecule has 1 aliphatic rings. The molecular formula is C13H16N2O5. The summed E-state index contributed by atoms with van der Waals surface area (Å²) in [5.41, 5.74) is 0.665. The standard InChI is InChI=1S/C13H16N2O5/c1-19-13(16)8-20-12-5-4-11(15(17)18)6-9(12)7-14-10-2-3-10/h4-6,10,14H,2-3,7-8H2,1H3. The number of ether oxygens (including phenoxy) is 2. The Kier molecular flexibility index (Phi) is 4.52. The van der Waals surface area contributed by atoms with Gasteiger partial charge in [-0.2, -0.15) is 0 Å². The predicted octanol–water partition coefficient (Wildman–Crippen LogP) is 1.40. The van der Waals surface area contributed by atoms with Crippen LogP contribution < -0.4 is 10.1 Å². The molecule has 108 valence electrons. The fourth-order valence-corrected chi connectivity index (χ4v) is 1.70. The molecule has 1 aromatic rings. The lowest BCUT2D eigenvalue weighted by molar-refractivity contribution is -0.384. The average Bonchev–Trinajstić information content (AvgIpc) is 3.26. The largest absolute Gasteiger partial charge is 0.482 e. The Morgan fingerprint density at radius 1 is 1.50 bits per heavy atom. The molecule has 0 unspecified atom stereocenters. The van der Waals surface area contributed by atoms with Gasteiger partial charge in [-0.25, -0.2) is 4.79 Å². The minimum absolute atomic E-state index is 0.00279. The highest BCUT2D eigenvalue weighted by Crippen LogP contribution is 2.26. The Labute approximate surface area is 116 Å². The van der Waals surface area contributed by atoms with E-state index in [4.69, 9.17) is 4.74 Å². The Morgan fingerprint density at radius 2 is 2.25 bits per heavy atom. The average molecular weight is 280 g/mol. The van der Waals surface area contributed by atoms with Gasteiger partial charge in [-0.05, 0) is 18.9 Å². The van der Waals surface area contributed by atoms with Crippen LogP contribution in [0.5, 0.6) is 5.75 Å². The molecule has 0 atom stereocenters. The number of hydrogen-bond donors (Lipinski definition) is 1. The second kappa shape index (κ2) is 6.33. The number of esters is 1. The third kappa shape index (κ3) is 3.92. The van der Waals surface area contributed by atoms with E-state index in [9.17, 15) is 14.9 Å². The molecule has 1 fully saturated rings. The van der Waals surface area contributed by atoms with Crippen molar-refractivity contribution in [2.45, 2.75) is 25.4 Å². The Hall–Kier alpha value is -2.15. The van der Waals surface area contributed by atoms with E-state index in [-0.39, 0.29) is 12.3 Å². The number of nitrogens with zero attached hydrogens (tertiary/aromatic N) is 1. The third-order valence-electron chi connectivity index (χ3n) is 2.99. The van der Waals surface area contributed by atoms with Gasteiger partial charge in [-0.3, -0.25) is 10.1 Å². The number of rotatable bonds is 7. The zero-order chi connectivity index (χ0) is 14.5. The van der Waals surface area contributed by atoms with Crippen molar-refractivity contribution in [3.8, 4) is 5.75 Å². The van der Waals surface area contributed by atoms with Gasteiger partial charge in [0.25, 0.3) is 5.69 Å². The van der Waals surface area contributed by atoms with Crippen LogP contribution in [0.2, 0.25) is 0 Å². The summed E-state index contributed by atoms with van der Waals surface area (Å²) >= 11 is 0. The maximum Gasteiger partial charge on any atom is 0.343 e. The van der Waals surface area contributed by atoms with Crippen molar-refractivity contribution in [3.63, 3.8) is 0 Å². The fraction of sp³-hybridized carbons (Fsp3) is 0.462. The summed E-state index contributed by atoms with van der Waals surface area (Å²) in [4.78, 5) is 21.4. The first kappa shape index (κ1) is 14.3. The molecule has 0 aromatic heterocycles. The highest BCUT2D eigenvalue weighted by atomic mass is 16.6. The van der Waals surface area contributed by atoms with E-state index in [1.54, 1.807) is 0 Å². The number of nitro benzene ring substituents is 1. The number of non-ortho nitro benzene ring substituents is 1. The van der Waals surface area contributed by atoms with Crippen molar-refractivity contribution >= 4 is 11.7 Å². The Morgan fingerprint density at radius 3 is 2.85 bits per heavy atom. The molecule has 1 aliphatic carbocycles. The van der Waals surface area contributed by atoms with Gasteiger partial charge in [-0.1, -0.05) is 0 Å². The van der Waals surface area contributed by atoms with Gasteiger partial charge in [0, 0.05) is 30.3 Å². The molecule has 7 heteroatoms. The highest BCUT2D eigenvalue weighted by molar-refractivity contribution is 5.71. The Bertz CT molecular complexity index is 513. The smallest absolute Gasteiger partial charge is 0.343 e. The van der Waals surface area contributed by atoms with E-state index in [1.807, 2.05) is 0 Å². The lowest BCUT2D eigenvalue weighted by Crippen LogP contribution is -2.18. The number of hydrogen-bond acceptors (Lipinski definition) is 6. The molecule has 0 amide bonds. The predicted molar refractivity (Wildman–Crippen MR) is 70.5 cm³/mol. The quantitative estimate of drug-likeness (QED) is 0.461. The van der Waals surface area contributed by atoms with Crippen LogP contribution >= 0.6 is 0 Å². The normalized spacial score (nSPS) is 13.8. The SMILES string of the molecule is COC(=O)COc1ccc([N+](=O)[O-])cc1CNC1CC1. The molecule has 0 radical (unpaired) electrons. The maximum atomic E-state index is 11.1. The van der Waals surface area contributed by atoms with Crippen LogP contribution in [0.1, 0.15) is 18.4 Å². The van der Waals surface area contributed by atoms with Crippen molar-refractivity contribution in [1.29, 1.82) is 0 Å². The van der Waals surface area contributed by atoms with Crippen LogP contribution in [-0.2, 0) is 16.1 Å². The van der Waals surface area contributed by atoms with E-state index >= 15 is 0 Å². The molecule has 1 saturated carbocycles. The molecule has 20 heavy (non-hydrogen) atoms. The van der Waals surface area contributed by atoms with E-state index in [2.05, 4.69) is 10.1 Å².